The molecule has 0 aliphatic heterocycles. The first-order valence-corrected chi connectivity index (χ1v) is 9.56. The molecule has 0 unspecified atom stereocenters. The van der Waals surface area contributed by atoms with Crippen molar-refractivity contribution in [2.75, 3.05) is 7.11 Å². The van der Waals surface area contributed by atoms with Gasteiger partial charge in [0.2, 0.25) is 5.82 Å². The summed E-state index contributed by atoms with van der Waals surface area (Å²) in [4.78, 5) is 0. The second-order valence-corrected chi connectivity index (χ2v) is 7.01. The SMILES string of the molecule is COc1ccccc1-n1c(SCc2ccc(C)cc2)nnc1-c1ccco1. The van der Waals surface area contributed by atoms with Gasteiger partial charge in [0.15, 0.2) is 10.9 Å². The Hall–Kier alpha value is -2.99. The first kappa shape index (κ1) is 17.4. The molecule has 27 heavy (non-hydrogen) atoms. The maximum absolute atomic E-state index is 5.57. The number of hydrogen-bond donors (Lipinski definition) is 0. The number of aromatic nitrogens is 3. The molecule has 0 atom stereocenters. The zero-order valence-corrected chi connectivity index (χ0v) is 15.9. The van der Waals surface area contributed by atoms with Crippen LogP contribution in [0.15, 0.2) is 76.5 Å². The van der Waals surface area contributed by atoms with E-state index < -0.39 is 0 Å². The number of aryl methyl sites for hydroxylation is 1. The van der Waals surface area contributed by atoms with Gasteiger partial charge in [-0.1, -0.05) is 53.7 Å². The zero-order valence-electron chi connectivity index (χ0n) is 15.1. The summed E-state index contributed by atoms with van der Waals surface area (Å²) in [6.07, 6.45) is 1.63. The fraction of sp³-hybridized carbons (Fsp3) is 0.143. The van der Waals surface area contributed by atoms with Gasteiger partial charge in [-0.3, -0.25) is 4.57 Å². The van der Waals surface area contributed by atoms with Gasteiger partial charge in [-0.15, -0.1) is 10.2 Å². The zero-order chi connectivity index (χ0) is 18.6. The lowest BCUT2D eigenvalue weighted by atomic mass is 10.2. The van der Waals surface area contributed by atoms with E-state index in [0.717, 1.165) is 22.3 Å². The van der Waals surface area contributed by atoms with Crippen LogP contribution in [-0.4, -0.2) is 21.9 Å². The molecule has 0 fully saturated rings. The third kappa shape index (κ3) is 3.61. The number of thioether (sulfide) groups is 1. The molecule has 0 aliphatic rings. The number of rotatable bonds is 6. The van der Waals surface area contributed by atoms with E-state index in [-0.39, 0.29) is 0 Å². The molecule has 0 spiro atoms. The minimum Gasteiger partial charge on any atom is -0.495 e. The lowest BCUT2D eigenvalue weighted by molar-refractivity contribution is 0.412. The van der Waals surface area contributed by atoms with Gasteiger partial charge in [0.25, 0.3) is 0 Å². The number of benzene rings is 2. The summed E-state index contributed by atoms with van der Waals surface area (Å²) >= 11 is 1.63. The van der Waals surface area contributed by atoms with E-state index in [0.29, 0.717) is 11.6 Å². The van der Waals surface area contributed by atoms with E-state index >= 15 is 0 Å². The largest absolute Gasteiger partial charge is 0.495 e. The molecule has 2 heterocycles. The number of furan rings is 1. The Morgan fingerprint density at radius 1 is 1.00 bits per heavy atom. The second kappa shape index (κ2) is 7.72. The molecule has 0 N–H and O–H groups in total. The van der Waals surface area contributed by atoms with Gasteiger partial charge in [-0.25, -0.2) is 0 Å². The predicted molar refractivity (Wildman–Crippen MR) is 106 cm³/mol. The van der Waals surface area contributed by atoms with Crippen molar-refractivity contribution in [3.63, 3.8) is 0 Å². The minimum atomic E-state index is 0.649. The maximum atomic E-state index is 5.57. The number of nitrogens with zero attached hydrogens (tertiary/aromatic N) is 3. The van der Waals surface area contributed by atoms with Gasteiger partial charge >= 0.3 is 0 Å². The molecular formula is C21H19N3O2S. The molecule has 0 saturated heterocycles. The first-order valence-electron chi connectivity index (χ1n) is 8.57. The summed E-state index contributed by atoms with van der Waals surface area (Å²) in [6, 6.07) is 20.1. The van der Waals surface area contributed by atoms with Gasteiger partial charge in [-0.2, -0.15) is 0 Å². The van der Waals surface area contributed by atoms with Crippen LogP contribution in [0.25, 0.3) is 17.3 Å². The van der Waals surface area contributed by atoms with Crippen molar-refractivity contribution in [2.24, 2.45) is 0 Å². The van der Waals surface area contributed by atoms with Crippen LogP contribution in [-0.2, 0) is 5.75 Å². The molecule has 0 bridgehead atoms. The van der Waals surface area contributed by atoms with Crippen LogP contribution in [0, 0.1) is 6.92 Å². The van der Waals surface area contributed by atoms with Crippen molar-refractivity contribution in [2.45, 2.75) is 17.8 Å². The molecule has 4 aromatic rings. The molecule has 0 amide bonds. The predicted octanol–water partition coefficient (Wildman–Crippen LogP) is 5.14. The Bertz CT molecular complexity index is 1020. The van der Waals surface area contributed by atoms with Gasteiger partial charge in [0, 0.05) is 5.75 Å². The van der Waals surface area contributed by atoms with Crippen molar-refractivity contribution < 1.29 is 9.15 Å². The highest BCUT2D eigenvalue weighted by Gasteiger charge is 2.20. The van der Waals surface area contributed by atoms with E-state index in [2.05, 4.69) is 41.4 Å². The van der Waals surface area contributed by atoms with Gasteiger partial charge in [0.05, 0.1) is 19.1 Å². The van der Waals surface area contributed by atoms with E-state index in [1.165, 1.54) is 11.1 Å². The fourth-order valence-corrected chi connectivity index (χ4v) is 3.69. The topological polar surface area (TPSA) is 53.1 Å². The average molecular weight is 377 g/mol. The summed E-state index contributed by atoms with van der Waals surface area (Å²) in [5, 5.41) is 9.58. The monoisotopic (exact) mass is 377 g/mol. The summed E-state index contributed by atoms with van der Waals surface area (Å²) in [6.45, 7) is 2.09. The van der Waals surface area contributed by atoms with E-state index in [1.54, 1.807) is 25.1 Å². The number of para-hydroxylation sites is 2. The Balaban J connectivity index is 1.74. The molecular weight excluding hydrogens is 358 g/mol. The molecule has 5 nitrogen and oxygen atoms in total. The average Bonchev–Trinajstić information content (AvgIpc) is 3.37. The van der Waals surface area contributed by atoms with Crippen LogP contribution in [0.4, 0.5) is 0 Å². The van der Waals surface area contributed by atoms with Crippen molar-refractivity contribution in [1.82, 2.24) is 14.8 Å². The van der Waals surface area contributed by atoms with Crippen LogP contribution in [0.2, 0.25) is 0 Å². The first-order chi connectivity index (χ1) is 13.3. The van der Waals surface area contributed by atoms with Crippen LogP contribution in [0.1, 0.15) is 11.1 Å². The molecule has 0 saturated carbocycles. The minimum absolute atomic E-state index is 0.649. The third-order valence-electron chi connectivity index (χ3n) is 4.19. The molecule has 0 aliphatic carbocycles. The molecule has 6 heteroatoms. The summed E-state index contributed by atoms with van der Waals surface area (Å²) in [7, 11) is 1.66. The molecule has 136 valence electrons. The molecule has 2 aromatic carbocycles. The van der Waals surface area contributed by atoms with Crippen LogP contribution >= 0.6 is 11.8 Å². The van der Waals surface area contributed by atoms with E-state index in [4.69, 9.17) is 9.15 Å². The highest BCUT2D eigenvalue weighted by molar-refractivity contribution is 7.98. The lowest BCUT2D eigenvalue weighted by Gasteiger charge is -2.13. The Labute approximate surface area is 162 Å². The Morgan fingerprint density at radius 3 is 2.56 bits per heavy atom. The number of ether oxygens (including phenoxy) is 1. The summed E-state index contributed by atoms with van der Waals surface area (Å²) < 4.78 is 13.1. The standard InChI is InChI=1S/C21H19N3O2S/c1-15-9-11-16(12-10-15)14-27-21-23-22-20(19-8-5-13-26-19)24(21)17-6-3-4-7-18(17)25-2/h3-13H,14H2,1-2H3. The number of hydrogen-bond acceptors (Lipinski definition) is 5. The third-order valence-corrected chi connectivity index (χ3v) is 5.19. The normalized spacial score (nSPS) is 10.9. The van der Waals surface area contributed by atoms with Crippen LogP contribution in [0.5, 0.6) is 5.75 Å². The van der Waals surface area contributed by atoms with Crippen LogP contribution in [0.3, 0.4) is 0 Å². The Kier molecular flexibility index (Phi) is 4.98. The van der Waals surface area contributed by atoms with Crippen molar-refractivity contribution in [3.8, 4) is 23.0 Å². The van der Waals surface area contributed by atoms with Gasteiger partial charge in [0.1, 0.15) is 5.75 Å². The highest BCUT2D eigenvalue weighted by Crippen LogP contribution is 2.33. The summed E-state index contributed by atoms with van der Waals surface area (Å²) in [5.74, 6) is 2.86. The van der Waals surface area contributed by atoms with Crippen molar-refractivity contribution >= 4 is 11.8 Å². The fourth-order valence-electron chi connectivity index (χ4n) is 2.79. The number of methoxy groups -OCH3 is 1. The quantitative estimate of drug-likeness (QED) is 0.436. The molecule has 0 radical (unpaired) electrons. The smallest absolute Gasteiger partial charge is 0.205 e. The van der Waals surface area contributed by atoms with E-state index in [1.807, 2.05) is 41.0 Å². The second-order valence-electron chi connectivity index (χ2n) is 6.07. The maximum Gasteiger partial charge on any atom is 0.205 e. The van der Waals surface area contributed by atoms with Crippen LogP contribution < -0.4 is 4.74 Å². The van der Waals surface area contributed by atoms with E-state index in [9.17, 15) is 0 Å². The molecule has 4 rings (SSSR count). The highest BCUT2D eigenvalue weighted by atomic mass is 32.2. The summed E-state index contributed by atoms with van der Waals surface area (Å²) in [5.41, 5.74) is 3.36. The lowest BCUT2D eigenvalue weighted by Crippen LogP contribution is -2.02. The van der Waals surface area contributed by atoms with Crippen molar-refractivity contribution in [3.05, 3.63) is 78.1 Å². The van der Waals surface area contributed by atoms with Gasteiger partial charge in [-0.05, 0) is 36.8 Å². The van der Waals surface area contributed by atoms with Gasteiger partial charge < -0.3 is 9.15 Å². The molecule has 2 aromatic heterocycles. The van der Waals surface area contributed by atoms with Crippen molar-refractivity contribution in [1.29, 1.82) is 0 Å². The Morgan fingerprint density at radius 2 is 1.81 bits per heavy atom.